The summed E-state index contributed by atoms with van der Waals surface area (Å²) >= 11 is 0. The van der Waals surface area contributed by atoms with Crippen molar-refractivity contribution in [3.05, 3.63) is 326 Å². The van der Waals surface area contributed by atoms with Gasteiger partial charge in [-0.1, -0.05) is 132 Å². The van der Waals surface area contributed by atoms with Gasteiger partial charge in [0.05, 0.1) is 27.8 Å². The molecule has 5 aliphatic rings. The second kappa shape index (κ2) is 27.8. The minimum absolute atomic E-state index is 0.691. The van der Waals surface area contributed by atoms with Gasteiger partial charge < -0.3 is 0 Å². The average Bonchev–Trinajstić information content (AvgIpc) is 1.62. The third kappa shape index (κ3) is 12.9. The van der Waals surface area contributed by atoms with E-state index < -0.39 is 0 Å². The molecule has 10 heterocycles. The molecule has 5 aromatic heterocycles. The quantitative estimate of drug-likeness (QED) is 0.148. The predicted octanol–water partition coefficient (Wildman–Crippen LogP) is 21.6. The van der Waals surface area contributed by atoms with Crippen molar-refractivity contribution in [2.45, 2.75) is 148 Å². The van der Waals surface area contributed by atoms with Gasteiger partial charge in [-0.3, -0.25) is 0 Å². The van der Waals surface area contributed by atoms with Crippen LogP contribution in [0.4, 0.5) is 0 Å². The van der Waals surface area contributed by atoms with E-state index in [0.29, 0.717) is 11.8 Å². The molecule has 0 atom stereocenters. The lowest BCUT2D eigenvalue weighted by atomic mass is 9.98. The molecule has 0 amide bonds. The van der Waals surface area contributed by atoms with Crippen LogP contribution in [0, 0.1) is 67.2 Å². The van der Waals surface area contributed by atoms with Gasteiger partial charge in [-0.05, 0) is 233 Å². The Morgan fingerprint density at radius 3 is 1.04 bits per heavy atom. The molecule has 0 aliphatic carbocycles. The number of aryl methyl sites for hydroxylation is 9. The summed E-state index contributed by atoms with van der Waals surface area (Å²) in [7, 11) is 0. The molecule has 10 aromatic carbocycles. The van der Waals surface area contributed by atoms with Crippen LogP contribution < -0.4 is 22.8 Å². The van der Waals surface area contributed by atoms with Crippen LogP contribution in [-0.2, 0) is 52.0 Å². The van der Waals surface area contributed by atoms with Crippen molar-refractivity contribution in [3.8, 4) is 56.3 Å². The smallest absolute Gasteiger partial charge is 0.187 e. The Morgan fingerprint density at radius 2 is 0.587 bits per heavy atom. The minimum atomic E-state index is 0.691. The lowest BCUT2D eigenvalue weighted by Gasteiger charge is -2.06. The molecule has 5 aliphatic heterocycles. The van der Waals surface area contributed by atoms with Crippen molar-refractivity contribution >= 4 is 54.5 Å². The second-order valence-electron chi connectivity index (χ2n) is 31.4. The Bertz CT molecular complexity index is 5960. The monoisotopic (exact) mass is 1360 g/mol. The SMILES string of the molecule is CC(C)Cc1ccc2c(c1)-c1ccc3ccccc3[n+]1C2.CCCc1ccc2ccc3[n+](c2c1)Cc1c(C)cc(C)cc1-3.Cc1cc(C)c2c(c1)-c1ccc3ccc(C)cc3[n+]1C2.Cc1cc(C)c2c(c1)-c1ccc3ccc(CC(C)C)cc3[n+]1C2.Cc1ccc2c(c1)-c1ccc3ccccc3[n+]1C2. The molecular weight excluding hydrogens is 1260 g/mol. The highest BCUT2D eigenvalue weighted by Gasteiger charge is 2.34. The maximum atomic E-state index is 2.50. The van der Waals surface area contributed by atoms with E-state index in [9.17, 15) is 0 Å². The molecule has 0 radical (unpaired) electrons. The molecule has 0 fully saturated rings. The second-order valence-corrected chi connectivity index (χ2v) is 31.4. The van der Waals surface area contributed by atoms with Crippen LogP contribution in [-0.4, -0.2) is 0 Å². The number of rotatable bonds is 6. The van der Waals surface area contributed by atoms with Gasteiger partial charge in [0, 0.05) is 115 Å². The number of fused-ring (bicyclic) bond motifs is 25. The van der Waals surface area contributed by atoms with Crippen LogP contribution in [0.5, 0.6) is 0 Å². The summed E-state index contributed by atoms with van der Waals surface area (Å²) in [6.45, 7) is 34.0. The first-order chi connectivity index (χ1) is 50.4. The van der Waals surface area contributed by atoms with Gasteiger partial charge in [0.15, 0.2) is 32.7 Å². The molecule has 104 heavy (non-hydrogen) atoms. The van der Waals surface area contributed by atoms with Gasteiger partial charge in [-0.25, -0.2) is 0 Å². The van der Waals surface area contributed by atoms with E-state index in [0.717, 1.165) is 52.0 Å². The normalized spacial score (nSPS) is 12.6. The standard InChI is InChI=1S/C22H24N.C21H22N.C20H20N.C19H18N.C17H14N/c1-14(2)9-17-5-6-18-7-8-21-19-11-15(3)10-16(4)20(19)13-23(21)22(18)12-17;1-4-5-16-6-7-17-8-9-20-18-11-14(2)10-15(3)19(18)13-22(20)21(17)12-16;1-14(2)11-15-7-8-17-13-21-19-6-4-3-5-16(19)9-10-20(21)18(17)12-15;1-12-4-5-15-6-7-18-16-9-13(2)8-14(3)17(16)11-20(18)19(15)10-12;1-12-6-7-14-11-18-16-5-3-2-4-13(16)8-9-17(18)15(14)10-12/h5-8,10-12,14H,9,13H2,1-4H3;6-12H,4-5,13H2,1-3H3;3-10,12,14H,11,13H2,1-2H3;4-10H,11H2,1-3H3;2-10H,11H2,1H3/q5*+1. The van der Waals surface area contributed by atoms with E-state index >= 15 is 0 Å². The maximum absolute atomic E-state index is 2.50. The lowest BCUT2D eigenvalue weighted by Crippen LogP contribution is -2.33. The Balaban J connectivity index is 0.000000100. The number of pyridine rings is 5. The molecule has 0 spiro atoms. The third-order valence-corrected chi connectivity index (χ3v) is 22.4. The van der Waals surface area contributed by atoms with Crippen molar-refractivity contribution in [3.63, 3.8) is 0 Å². The summed E-state index contributed by atoms with van der Waals surface area (Å²) < 4.78 is 12.3. The Hall–Kier alpha value is -10.8. The first-order valence-corrected chi connectivity index (χ1v) is 38.1. The first kappa shape index (κ1) is 67.7. The molecule has 514 valence electrons. The predicted molar refractivity (Wildman–Crippen MR) is 432 cm³/mol. The van der Waals surface area contributed by atoms with E-state index in [-0.39, 0.29) is 0 Å². The number of para-hydroxylation sites is 2. The highest BCUT2D eigenvalue weighted by atomic mass is 15.0. The Morgan fingerprint density at radius 1 is 0.269 bits per heavy atom. The molecule has 15 aromatic rings. The molecule has 5 heteroatoms. The highest BCUT2D eigenvalue weighted by Crippen LogP contribution is 2.38. The van der Waals surface area contributed by atoms with Gasteiger partial charge >= 0.3 is 0 Å². The maximum Gasteiger partial charge on any atom is 0.213 e. The average molecular weight is 1360 g/mol. The molecule has 5 nitrogen and oxygen atoms in total. The van der Waals surface area contributed by atoms with Crippen LogP contribution in [0.15, 0.2) is 237 Å². The summed E-state index contributed by atoms with van der Waals surface area (Å²) in [4.78, 5) is 0. The number of hydrogen-bond donors (Lipinski definition) is 0. The summed E-state index contributed by atoms with van der Waals surface area (Å²) in [6.07, 6.45) is 4.65. The summed E-state index contributed by atoms with van der Waals surface area (Å²) in [6, 6.07) is 88.1. The van der Waals surface area contributed by atoms with Gasteiger partial charge in [0.2, 0.25) is 56.1 Å². The van der Waals surface area contributed by atoms with Crippen molar-refractivity contribution in [1.82, 2.24) is 0 Å². The minimum Gasteiger partial charge on any atom is -0.187 e. The van der Waals surface area contributed by atoms with Gasteiger partial charge in [0.1, 0.15) is 0 Å². The third-order valence-electron chi connectivity index (χ3n) is 22.4. The van der Waals surface area contributed by atoms with Gasteiger partial charge in [-0.2, -0.15) is 22.8 Å². The van der Waals surface area contributed by atoms with E-state index in [1.165, 1.54) is 206 Å². The first-order valence-electron chi connectivity index (χ1n) is 38.1. The Kier molecular flexibility index (Phi) is 18.1. The Labute approximate surface area is 615 Å². The fourth-order valence-corrected chi connectivity index (χ4v) is 17.5. The summed E-state index contributed by atoms with van der Waals surface area (Å²) in [5, 5.41) is 6.62. The van der Waals surface area contributed by atoms with Crippen LogP contribution in [0.3, 0.4) is 0 Å². The molecular formula is C99H98N5+5. The summed E-state index contributed by atoms with van der Waals surface area (Å²) in [5.41, 5.74) is 43.1. The summed E-state index contributed by atoms with van der Waals surface area (Å²) in [5.74, 6) is 1.39. The van der Waals surface area contributed by atoms with E-state index in [2.05, 4.69) is 349 Å². The molecule has 0 saturated carbocycles. The number of hydrogen-bond acceptors (Lipinski definition) is 0. The van der Waals surface area contributed by atoms with Crippen molar-refractivity contribution in [2.24, 2.45) is 11.8 Å². The zero-order chi connectivity index (χ0) is 71.8. The van der Waals surface area contributed by atoms with E-state index in [1.54, 1.807) is 0 Å². The lowest BCUT2D eigenvalue weighted by molar-refractivity contribution is -0.646. The number of aromatic nitrogens is 5. The highest BCUT2D eigenvalue weighted by molar-refractivity contribution is 5.84. The molecule has 0 N–H and O–H groups in total. The van der Waals surface area contributed by atoms with E-state index in [4.69, 9.17) is 0 Å². The largest absolute Gasteiger partial charge is 0.213 e. The van der Waals surface area contributed by atoms with Crippen LogP contribution >= 0.6 is 0 Å². The van der Waals surface area contributed by atoms with E-state index in [1.807, 2.05) is 0 Å². The van der Waals surface area contributed by atoms with Gasteiger partial charge in [0.25, 0.3) is 0 Å². The van der Waals surface area contributed by atoms with Crippen molar-refractivity contribution in [1.29, 1.82) is 0 Å². The van der Waals surface area contributed by atoms with Crippen LogP contribution in [0.1, 0.15) is 130 Å². The molecule has 20 rings (SSSR count). The number of nitrogens with zero attached hydrogens (tertiary/aromatic N) is 5. The zero-order valence-corrected chi connectivity index (χ0v) is 63.3. The van der Waals surface area contributed by atoms with Crippen LogP contribution in [0.2, 0.25) is 0 Å². The topological polar surface area (TPSA) is 19.4 Å². The number of benzene rings is 10. The van der Waals surface area contributed by atoms with Crippen molar-refractivity contribution < 1.29 is 22.8 Å². The molecule has 0 unspecified atom stereocenters. The molecule has 0 bridgehead atoms. The van der Waals surface area contributed by atoms with Crippen molar-refractivity contribution in [2.75, 3.05) is 0 Å². The van der Waals surface area contributed by atoms with Crippen LogP contribution in [0.25, 0.3) is 111 Å². The fraction of sp³-hybridized carbons (Fsp3) is 0.242. The van der Waals surface area contributed by atoms with Gasteiger partial charge in [-0.15, -0.1) is 0 Å². The zero-order valence-electron chi connectivity index (χ0n) is 63.3. The molecule has 0 saturated heterocycles. The fourth-order valence-electron chi connectivity index (χ4n) is 17.5.